The second-order valence-corrected chi connectivity index (χ2v) is 6.30. The van der Waals surface area contributed by atoms with Gasteiger partial charge in [0, 0.05) is 12.6 Å². The molecule has 0 aliphatic heterocycles. The van der Waals surface area contributed by atoms with Crippen molar-refractivity contribution in [1.82, 2.24) is 15.1 Å². The van der Waals surface area contributed by atoms with Crippen molar-refractivity contribution >= 4 is 0 Å². The largest absolute Gasteiger partial charge is 0.314 e. The maximum absolute atomic E-state index is 3.75. The number of rotatable bonds is 10. The van der Waals surface area contributed by atoms with Gasteiger partial charge in [0.15, 0.2) is 0 Å². The van der Waals surface area contributed by atoms with E-state index in [2.05, 4.69) is 43.1 Å². The van der Waals surface area contributed by atoms with Gasteiger partial charge in [0.05, 0.1) is 0 Å². The van der Waals surface area contributed by atoms with Crippen molar-refractivity contribution in [2.75, 3.05) is 46.8 Å². The van der Waals surface area contributed by atoms with Crippen LogP contribution in [0.5, 0.6) is 0 Å². The van der Waals surface area contributed by atoms with Crippen LogP contribution in [-0.2, 0) is 0 Å². The molecule has 0 bridgehead atoms. The first kappa shape index (κ1) is 16.9. The molecule has 2 atom stereocenters. The molecule has 3 nitrogen and oxygen atoms in total. The van der Waals surface area contributed by atoms with Crippen molar-refractivity contribution in [3.05, 3.63) is 0 Å². The third kappa shape index (κ3) is 6.73. The van der Waals surface area contributed by atoms with E-state index in [1.54, 1.807) is 0 Å². The number of nitrogens with one attached hydrogen (secondary N) is 1. The van der Waals surface area contributed by atoms with E-state index in [9.17, 15) is 0 Å². The lowest BCUT2D eigenvalue weighted by atomic mass is 10.0. The summed E-state index contributed by atoms with van der Waals surface area (Å²) in [4.78, 5) is 4.94. The Morgan fingerprint density at radius 3 is 2.53 bits per heavy atom. The summed E-state index contributed by atoms with van der Waals surface area (Å²) in [6.45, 7) is 10.7. The van der Waals surface area contributed by atoms with Gasteiger partial charge in [-0.25, -0.2) is 0 Å². The smallest absolute Gasteiger partial charge is 0.0107 e. The summed E-state index contributed by atoms with van der Waals surface area (Å²) < 4.78 is 0. The van der Waals surface area contributed by atoms with Crippen LogP contribution in [-0.4, -0.2) is 62.7 Å². The molecule has 1 fully saturated rings. The maximum Gasteiger partial charge on any atom is 0.0107 e. The zero-order valence-corrected chi connectivity index (χ0v) is 13.6. The van der Waals surface area contributed by atoms with E-state index >= 15 is 0 Å². The Hall–Kier alpha value is -0.120. The van der Waals surface area contributed by atoms with E-state index in [0.717, 1.165) is 12.0 Å². The van der Waals surface area contributed by atoms with Crippen LogP contribution in [0.4, 0.5) is 0 Å². The Bertz CT molecular complexity index is 218. The number of hydrogen-bond donors (Lipinski definition) is 1. The second-order valence-electron chi connectivity index (χ2n) is 6.30. The first-order valence-corrected chi connectivity index (χ1v) is 8.27. The fourth-order valence-electron chi connectivity index (χ4n) is 3.17. The molecule has 0 amide bonds. The normalized spacial score (nSPS) is 23.7. The van der Waals surface area contributed by atoms with Crippen molar-refractivity contribution in [1.29, 1.82) is 0 Å². The quantitative estimate of drug-likeness (QED) is 0.657. The zero-order chi connectivity index (χ0) is 14.1. The van der Waals surface area contributed by atoms with Gasteiger partial charge in [-0.15, -0.1) is 0 Å². The molecule has 0 saturated heterocycles. The minimum absolute atomic E-state index is 0.780. The summed E-state index contributed by atoms with van der Waals surface area (Å²) in [6, 6.07) is 0.780. The highest BCUT2D eigenvalue weighted by molar-refractivity contribution is 4.85. The summed E-state index contributed by atoms with van der Waals surface area (Å²) in [6.07, 6.45) is 6.77. The Kier molecular flexibility index (Phi) is 8.67. The molecule has 0 spiro atoms. The van der Waals surface area contributed by atoms with Gasteiger partial charge in [-0.05, 0) is 71.9 Å². The van der Waals surface area contributed by atoms with E-state index in [0.29, 0.717) is 0 Å². The molecule has 1 saturated carbocycles. The van der Waals surface area contributed by atoms with Crippen LogP contribution in [0.1, 0.15) is 46.0 Å². The molecule has 1 N–H and O–H groups in total. The Morgan fingerprint density at radius 2 is 1.89 bits per heavy atom. The first-order valence-electron chi connectivity index (χ1n) is 8.27. The van der Waals surface area contributed by atoms with Crippen LogP contribution in [0.25, 0.3) is 0 Å². The summed E-state index contributed by atoms with van der Waals surface area (Å²) in [5, 5.41) is 3.75. The third-order valence-electron chi connectivity index (χ3n) is 4.34. The maximum atomic E-state index is 3.75. The summed E-state index contributed by atoms with van der Waals surface area (Å²) in [5.41, 5.74) is 0. The standard InChI is InChI=1S/C16H35N3/c1-5-11-17-16-10-7-9-15(16)14-19(6-2)13-8-12-18(3)4/h15-17H,5-14H2,1-4H3. The Morgan fingerprint density at radius 1 is 1.11 bits per heavy atom. The molecular weight excluding hydrogens is 234 g/mol. The molecule has 1 aliphatic carbocycles. The number of nitrogens with zero attached hydrogens (tertiary/aromatic N) is 2. The van der Waals surface area contributed by atoms with E-state index < -0.39 is 0 Å². The molecule has 3 heteroatoms. The lowest BCUT2D eigenvalue weighted by Crippen LogP contribution is -2.40. The van der Waals surface area contributed by atoms with Crippen molar-refractivity contribution in [3.63, 3.8) is 0 Å². The fraction of sp³-hybridized carbons (Fsp3) is 1.00. The third-order valence-corrected chi connectivity index (χ3v) is 4.34. The molecule has 0 aromatic rings. The van der Waals surface area contributed by atoms with Gasteiger partial charge < -0.3 is 15.1 Å². The van der Waals surface area contributed by atoms with Crippen molar-refractivity contribution in [2.45, 2.75) is 52.0 Å². The molecule has 1 aliphatic rings. The molecule has 114 valence electrons. The lowest BCUT2D eigenvalue weighted by Gasteiger charge is -2.28. The van der Waals surface area contributed by atoms with Gasteiger partial charge in [-0.1, -0.05) is 20.3 Å². The van der Waals surface area contributed by atoms with Crippen molar-refractivity contribution < 1.29 is 0 Å². The van der Waals surface area contributed by atoms with Gasteiger partial charge >= 0.3 is 0 Å². The van der Waals surface area contributed by atoms with Crippen LogP contribution in [0, 0.1) is 5.92 Å². The molecule has 2 unspecified atom stereocenters. The number of hydrogen-bond acceptors (Lipinski definition) is 3. The van der Waals surface area contributed by atoms with Crippen molar-refractivity contribution in [2.24, 2.45) is 5.92 Å². The van der Waals surface area contributed by atoms with Gasteiger partial charge in [-0.2, -0.15) is 0 Å². The minimum atomic E-state index is 0.780. The van der Waals surface area contributed by atoms with Gasteiger partial charge in [0.1, 0.15) is 0 Å². The second kappa shape index (κ2) is 9.73. The van der Waals surface area contributed by atoms with Gasteiger partial charge in [-0.3, -0.25) is 0 Å². The van der Waals surface area contributed by atoms with E-state index in [-0.39, 0.29) is 0 Å². The predicted molar refractivity (Wildman–Crippen MR) is 84.7 cm³/mol. The summed E-state index contributed by atoms with van der Waals surface area (Å²) in [5.74, 6) is 0.880. The SMILES string of the molecule is CCCNC1CCCC1CN(CC)CCCN(C)C. The predicted octanol–water partition coefficient (Wildman–Crippen LogP) is 2.43. The highest BCUT2D eigenvalue weighted by atomic mass is 15.1. The average Bonchev–Trinajstić information content (AvgIpc) is 2.82. The molecule has 19 heavy (non-hydrogen) atoms. The van der Waals surface area contributed by atoms with E-state index in [4.69, 9.17) is 0 Å². The molecular formula is C16H35N3. The fourth-order valence-corrected chi connectivity index (χ4v) is 3.17. The van der Waals surface area contributed by atoms with Crippen LogP contribution in [0.2, 0.25) is 0 Å². The van der Waals surface area contributed by atoms with Crippen LogP contribution in [0.3, 0.4) is 0 Å². The Balaban J connectivity index is 2.28. The molecule has 0 radical (unpaired) electrons. The molecule has 0 heterocycles. The van der Waals surface area contributed by atoms with Gasteiger partial charge in [0.25, 0.3) is 0 Å². The lowest BCUT2D eigenvalue weighted by molar-refractivity contribution is 0.212. The Labute approximate surface area is 120 Å². The molecule has 0 aromatic carbocycles. The monoisotopic (exact) mass is 269 g/mol. The summed E-state index contributed by atoms with van der Waals surface area (Å²) >= 11 is 0. The first-order chi connectivity index (χ1) is 9.17. The zero-order valence-electron chi connectivity index (χ0n) is 13.6. The molecule has 0 aromatic heterocycles. The highest BCUT2D eigenvalue weighted by Gasteiger charge is 2.27. The highest BCUT2D eigenvalue weighted by Crippen LogP contribution is 2.26. The van der Waals surface area contributed by atoms with E-state index in [1.807, 2.05) is 0 Å². The topological polar surface area (TPSA) is 18.5 Å². The minimum Gasteiger partial charge on any atom is -0.314 e. The van der Waals surface area contributed by atoms with E-state index in [1.165, 1.54) is 64.8 Å². The van der Waals surface area contributed by atoms with Gasteiger partial charge in [0.2, 0.25) is 0 Å². The van der Waals surface area contributed by atoms with Crippen LogP contribution >= 0.6 is 0 Å². The van der Waals surface area contributed by atoms with Crippen LogP contribution in [0.15, 0.2) is 0 Å². The molecule has 1 rings (SSSR count). The van der Waals surface area contributed by atoms with Crippen LogP contribution < -0.4 is 5.32 Å². The summed E-state index contributed by atoms with van der Waals surface area (Å²) in [7, 11) is 4.33. The average molecular weight is 269 g/mol. The van der Waals surface area contributed by atoms with Crippen molar-refractivity contribution in [3.8, 4) is 0 Å².